The Morgan fingerprint density at radius 1 is 1.21 bits per heavy atom. The van der Waals surface area contributed by atoms with Crippen molar-refractivity contribution in [2.45, 2.75) is 31.7 Å². The van der Waals surface area contributed by atoms with Crippen molar-refractivity contribution < 1.29 is 22.3 Å². The van der Waals surface area contributed by atoms with Gasteiger partial charge in [0.05, 0.1) is 24.6 Å². The van der Waals surface area contributed by atoms with Gasteiger partial charge >= 0.3 is 0 Å². The van der Waals surface area contributed by atoms with Gasteiger partial charge in [-0.3, -0.25) is 9.48 Å². The molecule has 1 saturated heterocycles. The van der Waals surface area contributed by atoms with Gasteiger partial charge in [-0.1, -0.05) is 12.1 Å². The average Bonchev–Trinajstić information content (AvgIpc) is 2.97. The Labute approximate surface area is 169 Å². The summed E-state index contributed by atoms with van der Waals surface area (Å²) in [6.45, 7) is 4.93. The number of carbonyl (C=O) groups excluding carboxylic acids is 1. The standard InChI is InChI=1S/C19H25FN4O4S/c1-14-19(29(26,27)23-9-11-28-12-10-23)15(2)24(22-14)13-18(25)21-8-7-16-3-5-17(20)6-4-16/h3-6H,7-13H2,1-2H3,(H,21,25). The number of halogens is 1. The number of hydrogen-bond acceptors (Lipinski definition) is 5. The largest absolute Gasteiger partial charge is 0.379 e. The highest BCUT2D eigenvalue weighted by Crippen LogP contribution is 2.24. The Hall–Kier alpha value is -2.30. The van der Waals surface area contributed by atoms with Crippen LogP contribution in [0, 0.1) is 19.7 Å². The fourth-order valence-electron chi connectivity index (χ4n) is 3.31. The summed E-state index contributed by atoms with van der Waals surface area (Å²) in [7, 11) is -3.69. The highest BCUT2D eigenvalue weighted by molar-refractivity contribution is 7.89. The van der Waals surface area contributed by atoms with E-state index in [4.69, 9.17) is 4.74 Å². The number of sulfonamides is 1. The molecule has 1 aliphatic rings. The lowest BCUT2D eigenvalue weighted by Crippen LogP contribution is -2.41. The topological polar surface area (TPSA) is 93.5 Å². The van der Waals surface area contributed by atoms with Gasteiger partial charge in [0.2, 0.25) is 15.9 Å². The summed E-state index contributed by atoms with van der Waals surface area (Å²) in [4.78, 5) is 12.4. The van der Waals surface area contributed by atoms with E-state index in [0.29, 0.717) is 50.7 Å². The van der Waals surface area contributed by atoms with Gasteiger partial charge in [0.25, 0.3) is 0 Å². The van der Waals surface area contributed by atoms with Crippen LogP contribution < -0.4 is 5.32 Å². The Morgan fingerprint density at radius 3 is 2.52 bits per heavy atom. The van der Waals surface area contributed by atoms with Gasteiger partial charge in [0, 0.05) is 19.6 Å². The molecular weight excluding hydrogens is 399 g/mol. The van der Waals surface area contributed by atoms with Crippen LogP contribution in [0.4, 0.5) is 4.39 Å². The van der Waals surface area contributed by atoms with Gasteiger partial charge in [-0.2, -0.15) is 9.40 Å². The third-order valence-corrected chi connectivity index (χ3v) is 6.98. The predicted octanol–water partition coefficient (Wildman–Crippen LogP) is 1.02. The zero-order chi connectivity index (χ0) is 21.0. The number of aromatic nitrogens is 2. The van der Waals surface area contributed by atoms with Crippen molar-refractivity contribution in [3.8, 4) is 0 Å². The molecule has 1 amide bonds. The maximum Gasteiger partial charge on any atom is 0.246 e. The smallest absolute Gasteiger partial charge is 0.246 e. The first kappa shape index (κ1) is 21.4. The summed E-state index contributed by atoms with van der Waals surface area (Å²) in [6.07, 6.45) is 0.569. The molecule has 1 aromatic heterocycles. The van der Waals surface area contributed by atoms with Crippen LogP contribution in [0.25, 0.3) is 0 Å². The van der Waals surface area contributed by atoms with Crippen LogP contribution in [0.2, 0.25) is 0 Å². The first-order valence-electron chi connectivity index (χ1n) is 9.42. The van der Waals surface area contributed by atoms with E-state index in [2.05, 4.69) is 10.4 Å². The zero-order valence-electron chi connectivity index (χ0n) is 16.5. The number of nitrogens with one attached hydrogen (secondary N) is 1. The van der Waals surface area contributed by atoms with E-state index >= 15 is 0 Å². The Bertz CT molecular complexity index is 967. The van der Waals surface area contributed by atoms with E-state index in [0.717, 1.165) is 5.56 Å². The molecule has 0 aliphatic carbocycles. The lowest BCUT2D eigenvalue weighted by Gasteiger charge is -2.26. The number of amides is 1. The van der Waals surface area contributed by atoms with Gasteiger partial charge < -0.3 is 10.1 Å². The maximum absolute atomic E-state index is 13.0. The lowest BCUT2D eigenvalue weighted by atomic mass is 10.1. The van der Waals surface area contributed by atoms with Crippen molar-refractivity contribution in [1.29, 1.82) is 0 Å². The van der Waals surface area contributed by atoms with E-state index < -0.39 is 10.0 Å². The Kier molecular flexibility index (Phi) is 6.66. The molecule has 158 valence electrons. The highest BCUT2D eigenvalue weighted by Gasteiger charge is 2.32. The molecule has 0 saturated carbocycles. The second kappa shape index (κ2) is 9.02. The number of nitrogens with zero attached hydrogens (tertiary/aromatic N) is 3. The molecule has 10 heteroatoms. The number of morpholine rings is 1. The lowest BCUT2D eigenvalue weighted by molar-refractivity contribution is -0.121. The van der Waals surface area contributed by atoms with Crippen LogP contribution in [-0.4, -0.2) is 61.3 Å². The van der Waals surface area contributed by atoms with E-state index in [1.54, 1.807) is 26.0 Å². The number of hydrogen-bond donors (Lipinski definition) is 1. The van der Waals surface area contributed by atoms with Crippen LogP contribution in [0.3, 0.4) is 0 Å². The summed E-state index contributed by atoms with van der Waals surface area (Å²) in [6, 6.07) is 6.10. The molecule has 0 unspecified atom stereocenters. The number of rotatable bonds is 7. The summed E-state index contributed by atoms with van der Waals surface area (Å²) >= 11 is 0. The molecule has 1 fully saturated rings. The van der Waals surface area contributed by atoms with Gasteiger partial charge in [-0.25, -0.2) is 12.8 Å². The van der Waals surface area contributed by atoms with Gasteiger partial charge in [0.15, 0.2) is 0 Å². The quantitative estimate of drug-likeness (QED) is 0.716. The molecular formula is C19H25FN4O4S. The van der Waals surface area contributed by atoms with E-state index in [1.807, 2.05) is 0 Å². The van der Waals surface area contributed by atoms with Crippen LogP contribution in [0.5, 0.6) is 0 Å². The number of carbonyl (C=O) groups is 1. The second-order valence-electron chi connectivity index (χ2n) is 6.90. The first-order valence-corrected chi connectivity index (χ1v) is 10.9. The summed E-state index contributed by atoms with van der Waals surface area (Å²) in [5, 5.41) is 7.05. The van der Waals surface area contributed by atoms with Gasteiger partial charge in [-0.15, -0.1) is 0 Å². The van der Waals surface area contributed by atoms with Crippen LogP contribution in [0.1, 0.15) is 17.0 Å². The molecule has 0 spiro atoms. The number of aryl methyl sites for hydroxylation is 1. The van der Waals surface area contributed by atoms with Crippen LogP contribution in [0.15, 0.2) is 29.2 Å². The minimum Gasteiger partial charge on any atom is -0.379 e. The van der Waals surface area contributed by atoms with Crippen molar-refractivity contribution in [1.82, 2.24) is 19.4 Å². The minimum absolute atomic E-state index is 0.0747. The minimum atomic E-state index is -3.69. The molecule has 29 heavy (non-hydrogen) atoms. The van der Waals surface area contributed by atoms with Gasteiger partial charge in [0.1, 0.15) is 17.3 Å². The molecule has 1 aromatic carbocycles. The van der Waals surface area contributed by atoms with Gasteiger partial charge in [-0.05, 0) is 38.0 Å². The van der Waals surface area contributed by atoms with Crippen LogP contribution in [-0.2, 0) is 32.5 Å². The maximum atomic E-state index is 13.0. The molecule has 1 aliphatic heterocycles. The summed E-state index contributed by atoms with van der Waals surface area (Å²) in [5.74, 6) is -0.571. The Balaban J connectivity index is 1.63. The third-order valence-electron chi connectivity index (χ3n) is 4.83. The van der Waals surface area contributed by atoms with Crippen LogP contribution >= 0.6 is 0 Å². The molecule has 8 nitrogen and oxygen atoms in total. The summed E-state index contributed by atoms with van der Waals surface area (Å²) < 4.78 is 46.9. The number of benzene rings is 1. The fourth-order valence-corrected chi connectivity index (χ4v) is 5.09. The van der Waals surface area contributed by atoms with Crippen molar-refractivity contribution in [3.05, 3.63) is 47.0 Å². The molecule has 2 aromatic rings. The zero-order valence-corrected chi connectivity index (χ0v) is 17.3. The molecule has 0 atom stereocenters. The van der Waals surface area contributed by atoms with E-state index in [9.17, 15) is 17.6 Å². The molecule has 3 rings (SSSR count). The Morgan fingerprint density at radius 2 is 1.86 bits per heavy atom. The van der Waals surface area contributed by atoms with Crippen molar-refractivity contribution in [2.75, 3.05) is 32.8 Å². The summed E-state index contributed by atoms with van der Waals surface area (Å²) in [5.41, 5.74) is 1.72. The normalized spacial score (nSPS) is 15.4. The van der Waals surface area contributed by atoms with E-state index in [1.165, 1.54) is 21.1 Å². The van der Waals surface area contributed by atoms with E-state index in [-0.39, 0.29) is 23.2 Å². The molecule has 1 N–H and O–H groups in total. The first-order chi connectivity index (χ1) is 13.8. The highest BCUT2D eigenvalue weighted by atomic mass is 32.2. The second-order valence-corrected chi connectivity index (χ2v) is 8.78. The predicted molar refractivity (Wildman–Crippen MR) is 104 cm³/mol. The third kappa shape index (κ3) is 5.01. The fraction of sp³-hybridized carbons (Fsp3) is 0.474. The number of ether oxygens (including phenoxy) is 1. The SMILES string of the molecule is Cc1nn(CC(=O)NCCc2ccc(F)cc2)c(C)c1S(=O)(=O)N1CCOCC1. The molecule has 0 radical (unpaired) electrons. The van der Waals surface area contributed by atoms with Crippen molar-refractivity contribution in [2.24, 2.45) is 0 Å². The monoisotopic (exact) mass is 424 g/mol. The molecule has 0 bridgehead atoms. The average molecular weight is 424 g/mol. The van der Waals surface area contributed by atoms with Crippen molar-refractivity contribution >= 4 is 15.9 Å². The molecule has 2 heterocycles. The van der Waals surface area contributed by atoms with Crippen molar-refractivity contribution in [3.63, 3.8) is 0 Å².